The lowest BCUT2D eigenvalue weighted by Crippen LogP contribution is -2.30. The van der Waals surface area contributed by atoms with Crippen LogP contribution in [0.5, 0.6) is 0 Å². The minimum Gasteiger partial charge on any atom is -0.465 e. The molecule has 0 unspecified atom stereocenters. The zero-order chi connectivity index (χ0) is 11.5. The van der Waals surface area contributed by atoms with E-state index in [1.54, 1.807) is 12.4 Å². The summed E-state index contributed by atoms with van der Waals surface area (Å²) in [6, 6.07) is 2.10. The predicted molar refractivity (Wildman–Crippen MR) is 63.6 cm³/mol. The second-order valence-electron chi connectivity index (χ2n) is 3.75. The predicted octanol–water partition coefficient (Wildman–Crippen LogP) is 2.01. The number of carbonyl (C=O) groups is 1. The molecule has 2 rings (SSSR count). The summed E-state index contributed by atoms with van der Waals surface area (Å²) in [6.45, 7) is 1.12. The van der Waals surface area contributed by atoms with Gasteiger partial charge in [0, 0.05) is 29.8 Å². The van der Waals surface area contributed by atoms with Gasteiger partial charge in [-0.15, -0.1) is 0 Å². The first-order chi connectivity index (χ1) is 7.65. The Bertz CT molecular complexity index is 399. The summed E-state index contributed by atoms with van der Waals surface area (Å²) in [6.07, 6.45) is 3.42. The number of anilines is 1. The molecule has 1 saturated heterocycles. The molecule has 2 heterocycles. The van der Waals surface area contributed by atoms with E-state index < -0.39 is 6.09 Å². The molecule has 0 bridgehead atoms. The highest BCUT2D eigenvalue weighted by molar-refractivity contribution is 9.10. The molecule has 1 amide bonds. The lowest BCUT2D eigenvalue weighted by Gasteiger charge is -2.14. The van der Waals surface area contributed by atoms with Crippen molar-refractivity contribution in [3.05, 3.63) is 22.9 Å². The average molecular weight is 286 g/mol. The van der Waals surface area contributed by atoms with Gasteiger partial charge in [0.05, 0.1) is 11.9 Å². The average Bonchev–Trinajstić information content (AvgIpc) is 2.66. The maximum Gasteiger partial charge on any atom is 0.407 e. The third-order valence-electron chi connectivity index (χ3n) is 2.53. The molecule has 6 heteroatoms. The van der Waals surface area contributed by atoms with Crippen LogP contribution in [0.2, 0.25) is 0 Å². The van der Waals surface area contributed by atoms with E-state index >= 15 is 0 Å². The van der Waals surface area contributed by atoms with Crippen molar-refractivity contribution in [3.8, 4) is 0 Å². The van der Waals surface area contributed by atoms with Gasteiger partial charge in [-0.1, -0.05) is 0 Å². The van der Waals surface area contributed by atoms with E-state index in [9.17, 15) is 4.79 Å². The second-order valence-corrected chi connectivity index (χ2v) is 4.67. The fourth-order valence-corrected chi connectivity index (χ4v) is 2.14. The summed E-state index contributed by atoms with van der Waals surface area (Å²) in [5.74, 6) is 0. The maximum absolute atomic E-state index is 10.7. The second kappa shape index (κ2) is 4.69. The van der Waals surface area contributed by atoms with Gasteiger partial charge in [-0.2, -0.15) is 0 Å². The van der Waals surface area contributed by atoms with E-state index in [-0.39, 0.29) is 6.04 Å². The Labute approximate surface area is 102 Å². The Hall–Kier alpha value is -1.30. The van der Waals surface area contributed by atoms with Gasteiger partial charge in [0.25, 0.3) is 0 Å². The number of nitrogens with zero attached hydrogens (tertiary/aromatic N) is 2. The fourth-order valence-electron chi connectivity index (χ4n) is 1.78. The molecule has 1 aromatic heterocycles. The first-order valence-corrected chi connectivity index (χ1v) is 5.79. The standard InChI is InChI=1S/C10H12BrN3O2/c11-7-3-9(5-12-4-7)13-8-1-2-14(6-8)10(15)16/h3-5,8,13H,1-2,6H2,(H,15,16)/t8-/m0/s1. The van der Waals surface area contributed by atoms with Gasteiger partial charge in [0.2, 0.25) is 0 Å². The molecular formula is C10H12BrN3O2. The van der Waals surface area contributed by atoms with E-state index in [2.05, 4.69) is 26.2 Å². The van der Waals surface area contributed by atoms with Crippen LogP contribution in [0.15, 0.2) is 22.9 Å². The molecule has 86 valence electrons. The molecule has 1 aromatic rings. The van der Waals surface area contributed by atoms with E-state index in [1.165, 1.54) is 4.90 Å². The molecule has 0 aliphatic carbocycles. The van der Waals surface area contributed by atoms with Gasteiger partial charge < -0.3 is 15.3 Å². The Morgan fingerprint density at radius 1 is 1.62 bits per heavy atom. The van der Waals surface area contributed by atoms with Crippen LogP contribution in [0.1, 0.15) is 6.42 Å². The number of rotatable bonds is 2. The number of likely N-dealkylation sites (tertiary alicyclic amines) is 1. The maximum atomic E-state index is 10.7. The van der Waals surface area contributed by atoms with Gasteiger partial charge in [-0.3, -0.25) is 4.98 Å². The quantitative estimate of drug-likeness (QED) is 0.872. The molecule has 16 heavy (non-hydrogen) atoms. The molecule has 0 radical (unpaired) electrons. The molecule has 5 nitrogen and oxygen atoms in total. The third-order valence-corrected chi connectivity index (χ3v) is 2.97. The summed E-state index contributed by atoms with van der Waals surface area (Å²) in [5.41, 5.74) is 0.909. The Balaban J connectivity index is 1.94. The number of halogens is 1. The van der Waals surface area contributed by atoms with Crippen LogP contribution in [-0.2, 0) is 0 Å². The van der Waals surface area contributed by atoms with Crippen LogP contribution in [-0.4, -0.2) is 40.2 Å². The fraction of sp³-hybridized carbons (Fsp3) is 0.400. The number of nitrogens with one attached hydrogen (secondary N) is 1. The zero-order valence-electron chi connectivity index (χ0n) is 8.56. The molecule has 2 N–H and O–H groups in total. The lowest BCUT2D eigenvalue weighted by molar-refractivity contribution is 0.155. The Morgan fingerprint density at radius 3 is 3.06 bits per heavy atom. The Morgan fingerprint density at radius 2 is 2.44 bits per heavy atom. The molecule has 1 aliphatic rings. The van der Waals surface area contributed by atoms with Crippen molar-refractivity contribution in [2.45, 2.75) is 12.5 Å². The number of amides is 1. The molecule has 1 aliphatic heterocycles. The van der Waals surface area contributed by atoms with Crippen molar-refractivity contribution < 1.29 is 9.90 Å². The first kappa shape index (κ1) is 11.2. The van der Waals surface area contributed by atoms with Crippen LogP contribution in [0.25, 0.3) is 0 Å². The summed E-state index contributed by atoms with van der Waals surface area (Å²) >= 11 is 3.34. The van der Waals surface area contributed by atoms with Gasteiger partial charge in [-0.05, 0) is 28.4 Å². The van der Waals surface area contributed by atoms with Crippen LogP contribution in [0.4, 0.5) is 10.5 Å². The summed E-state index contributed by atoms with van der Waals surface area (Å²) < 4.78 is 0.908. The van der Waals surface area contributed by atoms with Gasteiger partial charge in [0.15, 0.2) is 0 Å². The molecule has 0 aromatic carbocycles. The highest BCUT2D eigenvalue weighted by Gasteiger charge is 2.25. The van der Waals surface area contributed by atoms with Crippen molar-refractivity contribution in [2.24, 2.45) is 0 Å². The van der Waals surface area contributed by atoms with Crippen molar-refractivity contribution in [2.75, 3.05) is 18.4 Å². The van der Waals surface area contributed by atoms with Crippen LogP contribution in [0.3, 0.4) is 0 Å². The first-order valence-electron chi connectivity index (χ1n) is 5.00. The van der Waals surface area contributed by atoms with E-state index in [0.717, 1.165) is 16.6 Å². The molecule has 1 fully saturated rings. The van der Waals surface area contributed by atoms with Gasteiger partial charge >= 0.3 is 6.09 Å². The number of carboxylic acid groups (broad SMARTS) is 1. The number of aromatic nitrogens is 1. The third kappa shape index (κ3) is 2.63. The Kier molecular flexibility index (Phi) is 3.28. The van der Waals surface area contributed by atoms with Crippen molar-refractivity contribution in [1.82, 2.24) is 9.88 Å². The minimum atomic E-state index is -0.850. The highest BCUT2D eigenvalue weighted by atomic mass is 79.9. The topological polar surface area (TPSA) is 65.5 Å². The molecule has 0 spiro atoms. The van der Waals surface area contributed by atoms with Gasteiger partial charge in [0.1, 0.15) is 0 Å². The normalized spacial score (nSPS) is 19.8. The lowest BCUT2D eigenvalue weighted by atomic mass is 10.2. The van der Waals surface area contributed by atoms with E-state index in [1.807, 2.05) is 6.07 Å². The van der Waals surface area contributed by atoms with Crippen LogP contribution < -0.4 is 5.32 Å². The van der Waals surface area contributed by atoms with Crippen molar-refractivity contribution in [3.63, 3.8) is 0 Å². The van der Waals surface area contributed by atoms with Crippen LogP contribution >= 0.6 is 15.9 Å². The summed E-state index contributed by atoms with van der Waals surface area (Å²) in [7, 11) is 0. The molecular weight excluding hydrogens is 274 g/mol. The number of hydrogen-bond acceptors (Lipinski definition) is 3. The monoisotopic (exact) mass is 285 g/mol. The smallest absolute Gasteiger partial charge is 0.407 e. The zero-order valence-corrected chi connectivity index (χ0v) is 10.1. The summed E-state index contributed by atoms with van der Waals surface area (Å²) in [4.78, 5) is 16.2. The SMILES string of the molecule is O=C(O)N1CC[C@H](Nc2cncc(Br)c2)C1. The van der Waals surface area contributed by atoms with Crippen molar-refractivity contribution >= 4 is 27.7 Å². The molecule has 1 atom stereocenters. The van der Waals surface area contributed by atoms with E-state index in [4.69, 9.17) is 5.11 Å². The van der Waals surface area contributed by atoms with E-state index in [0.29, 0.717) is 13.1 Å². The number of pyridine rings is 1. The van der Waals surface area contributed by atoms with Crippen molar-refractivity contribution in [1.29, 1.82) is 0 Å². The minimum absolute atomic E-state index is 0.173. The largest absolute Gasteiger partial charge is 0.465 e. The summed E-state index contributed by atoms with van der Waals surface area (Å²) in [5, 5.41) is 12.1. The number of hydrogen-bond donors (Lipinski definition) is 2. The van der Waals surface area contributed by atoms with Gasteiger partial charge in [-0.25, -0.2) is 4.79 Å². The highest BCUT2D eigenvalue weighted by Crippen LogP contribution is 2.18. The van der Waals surface area contributed by atoms with Crippen LogP contribution in [0, 0.1) is 0 Å². The molecule has 0 saturated carbocycles.